The Morgan fingerprint density at radius 1 is 1.33 bits per heavy atom. The first-order chi connectivity index (χ1) is 8.63. The molecule has 4 atom stereocenters. The number of nitrogen functional groups attached to an aromatic ring is 1. The quantitative estimate of drug-likeness (QED) is 0.863. The lowest BCUT2D eigenvalue weighted by molar-refractivity contribution is 0.363. The highest BCUT2D eigenvalue weighted by Gasteiger charge is 2.40. The van der Waals surface area contributed by atoms with Gasteiger partial charge in [0.1, 0.15) is 0 Å². The monoisotopic (exact) mass is 283 g/mol. The van der Waals surface area contributed by atoms with Gasteiger partial charge in [-0.05, 0) is 55.2 Å². The van der Waals surface area contributed by atoms with Crippen LogP contribution in [0.2, 0.25) is 5.02 Å². The van der Waals surface area contributed by atoms with Crippen LogP contribution in [0.3, 0.4) is 0 Å². The van der Waals surface area contributed by atoms with E-state index in [0.717, 1.165) is 22.5 Å². The number of nitrogens with two attached hydrogens (primary N) is 1. The van der Waals surface area contributed by atoms with Gasteiger partial charge >= 0.3 is 0 Å². The molecule has 2 aliphatic carbocycles. The van der Waals surface area contributed by atoms with Crippen LogP contribution >= 0.6 is 11.6 Å². The van der Waals surface area contributed by atoms with Crippen LogP contribution in [0.25, 0.3) is 0 Å². The fraction of sp³-hybridized carbons (Fsp3) is 0.571. The molecule has 2 nitrogen and oxygen atoms in total. The SMILES string of the molecule is Nc1ccc(S(=O)CC2CC3CCC2C3)cc1Cl. The molecular formula is C14H18ClNOS. The molecule has 0 radical (unpaired) electrons. The molecule has 2 fully saturated rings. The van der Waals surface area contributed by atoms with Gasteiger partial charge in [0, 0.05) is 10.6 Å². The van der Waals surface area contributed by atoms with Crippen molar-refractivity contribution in [1.82, 2.24) is 0 Å². The summed E-state index contributed by atoms with van der Waals surface area (Å²) >= 11 is 5.98. The second-order valence-corrected chi connectivity index (χ2v) is 7.53. The number of rotatable bonds is 3. The molecule has 4 unspecified atom stereocenters. The number of benzene rings is 1. The summed E-state index contributed by atoms with van der Waals surface area (Å²) in [7, 11) is -0.934. The molecule has 1 aromatic rings. The molecule has 2 aliphatic rings. The van der Waals surface area contributed by atoms with E-state index >= 15 is 0 Å². The van der Waals surface area contributed by atoms with Crippen LogP contribution in [0.15, 0.2) is 23.1 Å². The Morgan fingerprint density at radius 3 is 2.78 bits per heavy atom. The minimum atomic E-state index is -0.934. The van der Waals surface area contributed by atoms with Gasteiger partial charge in [-0.3, -0.25) is 4.21 Å². The third-order valence-corrected chi connectivity index (χ3v) is 6.32. The summed E-state index contributed by atoms with van der Waals surface area (Å²) in [4.78, 5) is 0.817. The highest BCUT2D eigenvalue weighted by Crippen LogP contribution is 2.48. The summed E-state index contributed by atoms with van der Waals surface area (Å²) in [5, 5.41) is 0.508. The van der Waals surface area contributed by atoms with Crippen LogP contribution < -0.4 is 5.73 Å². The fourth-order valence-electron chi connectivity index (χ4n) is 3.52. The molecule has 18 heavy (non-hydrogen) atoms. The number of hydrogen-bond donors (Lipinski definition) is 1. The van der Waals surface area contributed by atoms with E-state index in [0.29, 0.717) is 16.6 Å². The molecule has 4 heteroatoms. The molecule has 98 valence electrons. The summed E-state index contributed by atoms with van der Waals surface area (Å²) < 4.78 is 12.4. The number of fused-ring (bicyclic) bond motifs is 2. The van der Waals surface area contributed by atoms with Crippen molar-refractivity contribution in [3.63, 3.8) is 0 Å². The minimum Gasteiger partial charge on any atom is -0.398 e. The summed E-state index contributed by atoms with van der Waals surface area (Å²) in [6.45, 7) is 0. The molecule has 2 saturated carbocycles. The summed E-state index contributed by atoms with van der Waals surface area (Å²) in [5.74, 6) is 3.18. The molecule has 1 aromatic carbocycles. The van der Waals surface area contributed by atoms with Gasteiger partial charge in [0.15, 0.2) is 0 Å². The number of anilines is 1. The second-order valence-electron chi connectivity index (χ2n) is 5.63. The Labute approximate surface area is 115 Å². The zero-order valence-electron chi connectivity index (χ0n) is 10.3. The molecule has 0 heterocycles. The van der Waals surface area contributed by atoms with E-state index in [4.69, 9.17) is 17.3 Å². The topological polar surface area (TPSA) is 43.1 Å². The van der Waals surface area contributed by atoms with E-state index in [1.807, 2.05) is 6.07 Å². The first-order valence-electron chi connectivity index (χ1n) is 6.57. The van der Waals surface area contributed by atoms with Crippen molar-refractivity contribution >= 4 is 28.1 Å². The van der Waals surface area contributed by atoms with Gasteiger partial charge in [-0.25, -0.2) is 0 Å². The van der Waals surface area contributed by atoms with E-state index in [1.165, 1.54) is 25.7 Å². The molecule has 2 N–H and O–H groups in total. The summed E-state index contributed by atoms with van der Waals surface area (Å²) in [6, 6.07) is 5.33. The van der Waals surface area contributed by atoms with Crippen LogP contribution in [-0.4, -0.2) is 9.96 Å². The van der Waals surface area contributed by atoms with Gasteiger partial charge in [-0.1, -0.05) is 18.0 Å². The van der Waals surface area contributed by atoms with Crippen LogP contribution in [0.4, 0.5) is 5.69 Å². The third kappa shape index (κ3) is 2.30. The van der Waals surface area contributed by atoms with E-state index < -0.39 is 10.8 Å². The first kappa shape index (κ1) is 12.5. The predicted octanol–water partition coefficient (Wildman–Crippen LogP) is 3.47. The lowest BCUT2D eigenvalue weighted by Crippen LogP contribution is -2.18. The Balaban J connectivity index is 1.69. The highest BCUT2D eigenvalue weighted by atomic mass is 35.5. The molecule has 2 bridgehead atoms. The maximum atomic E-state index is 12.4. The van der Waals surface area contributed by atoms with E-state index in [2.05, 4.69) is 0 Å². The fourth-order valence-corrected chi connectivity index (χ4v) is 5.22. The van der Waals surface area contributed by atoms with Crippen molar-refractivity contribution in [2.24, 2.45) is 17.8 Å². The minimum absolute atomic E-state index is 0.508. The maximum absolute atomic E-state index is 12.4. The average Bonchev–Trinajstić information content (AvgIpc) is 2.94. The smallest absolute Gasteiger partial charge is 0.0647 e. The van der Waals surface area contributed by atoms with E-state index in [1.54, 1.807) is 12.1 Å². The Hall–Kier alpha value is -0.540. The summed E-state index contributed by atoms with van der Waals surface area (Å²) in [5.41, 5.74) is 6.22. The molecule has 0 amide bonds. The van der Waals surface area contributed by atoms with Crippen molar-refractivity contribution in [3.05, 3.63) is 23.2 Å². The standard InChI is InChI=1S/C14H18ClNOS/c15-13-7-12(3-4-14(13)16)18(17)8-11-6-9-1-2-10(11)5-9/h3-4,7,9-11H,1-2,5-6,8,16H2. The van der Waals surface area contributed by atoms with Crippen molar-refractivity contribution in [1.29, 1.82) is 0 Å². The Morgan fingerprint density at radius 2 is 2.17 bits per heavy atom. The third-order valence-electron chi connectivity index (χ3n) is 4.48. The van der Waals surface area contributed by atoms with Crippen molar-refractivity contribution in [3.8, 4) is 0 Å². The van der Waals surface area contributed by atoms with E-state index in [9.17, 15) is 4.21 Å². The van der Waals surface area contributed by atoms with Gasteiger partial charge in [0.05, 0.1) is 21.5 Å². The Bertz CT molecular complexity index is 491. The number of halogens is 1. The molecule has 0 aromatic heterocycles. The van der Waals surface area contributed by atoms with Gasteiger partial charge in [0.25, 0.3) is 0 Å². The molecule has 0 spiro atoms. The summed E-state index contributed by atoms with van der Waals surface area (Å²) in [6.07, 6.45) is 5.37. The van der Waals surface area contributed by atoms with Crippen LogP contribution in [0.5, 0.6) is 0 Å². The van der Waals surface area contributed by atoms with Gasteiger partial charge in [0.2, 0.25) is 0 Å². The van der Waals surface area contributed by atoms with Crippen molar-refractivity contribution < 1.29 is 4.21 Å². The van der Waals surface area contributed by atoms with Gasteiger partial charge < -0.3 is 5.73 Å². The Kier molecular flexibility index (Phi) is 3.37. The van der Waals surface area contributed by atoms with Crippen molar-refractivity contribution in [2.45, 2.75) is 30.6 Å². The van der Waals surface area contributed by atoms with Gasteiger partial charge in [-0.15, -0.1) is 0 Å². The molecule has 0 aliphatic heterocycles. The first-order valence-corrected chi connectivity index (χ1v) is 8.26. The van der Waals surface area contributed by atoms with Crippen molar-refractivity contribution in [2.75, 3.05) is 11.5 Å². The van der Waals surface area contributed by atoms with Crippen LogP contribution in [0, 0.1) is 17.8 Å². The maximum Gasteiger partial charge on any atom is 0.0647 e. The molecule has 3 rings (SSSR count). The lowest BCUT2D eigenvalue weighted by Gasteiger charge is -2.21. The molecular weight excluding hydrogens is 266 g/mol. The predicted molar refractivity (Wildman–Crippen MR) is 76.1 cm³/mol. The van der Waals surface area contributed by atoms with Crippen LogP contribution in [0.1, 0.15) is 25.7 Å². The average molecular weight is 284 g/mol. The van der Waals surface area contributed by atoms with Crippen LogP contribution in [-0.2, 0) is 10.8 Å². The normalized spacial score (nSPS) is 31.7. The second kappa shape index (κ2) is 4.86. The largest absolute Gasteiger partial charge is 0.398 e. The van der Waals surface area contributed by atoms with Gasteiger partial charge in [-0.2, -0.15) is 0 Å². The zero-order chi connectivity index (χ0) is 12.7. The molecule has 0 saturated heterocycles. The number of hydrogen-bond acceptors (Lipinski definition) is 2. The lowest BCUT2D eigenvalue weighted by atomic mass is 9.90. The zero-order valence-corrected chi connectivity index (χ0v) is 11.8. The van der Waals surface area contributed by atoms with E-state index in [-0.39, 0.29) is 0 Å². The highest BCUT2D eigenvalue weighted by molar-refractivity contribution is 7.85.